The Labute approximate surface area is 94.8 Å². The van der Waals surface area contributed by atoms with Crippen molar-refractivity contribution in [2.45, 2.75) is 30.8 Å². The van der Waals surface area contributed by atoms with E-state index in [-0.39, 0.29) is 12.1 Å². The van der Waals surface area contributed by atoms with Crippen LogP contribution in [0.2, 0.25) is 0 Å². The van der Waals surface area contributed by atoms with Gasteiger partial charge in [0.1, 0.15) is 19.3 Å². The molecule has 2 heterocycles. The van der Waals surface area contributed by atoms with Crippen LogP contribution in [-0.2, 0) is 18.6 Å². The summed E-state index contributed by atoms with van der Waals surface area (Å²) < 4.78 is 27.3. The molecule has 2 aliphatic rings. The van der Waals surface area contributed by atoms with Crippen LogP contribution in [0.1, 0.15) is 6.92 Å². The van der Waals surface area contributed by atoms with Crippen molar-refractivity contribution in [1.82, 2.24) is 5.32 Å². The van der Waals surface area contributed by atoms with Gasteiger partial charge < -0.3 is 28.8 Å². The molecule has 0 saturated carbocycles. The van der Waals surface area contributed by atoms with E-state index in [1.807, 2.05) is 6.92 Å². The molecular weight excluding hydrogens is 233 g/mol. The monoisotopic (exact) mass is 250 g/mol. The molecular formula is C9H17NO5P-. The van der Waals surface area contributed by atoms with Gasteiger partial charge in [-0.2, -0.15) is 0 Å². The Morgan fingerprint density at radius 1 is 1.69 bits per heavy atom. The number of hydrogen-bond acceptors (Lipinski definition) is 6. The molecule has 0 aliphatic carbocycles. The Kier molecular flexibility index (Phi) is 3.16. The predicted molar refractivity (Wildman–Crippen MR) is 55.3 cm³/mol. The zero-order valence-electron chi connectivity index (χ0n) is 9.63. The molecule has 0 aromatic carbocycles. The third-order valence-electron chi connectivity index (χ3n) is 3.10. The summed E-state index contributed by atoms with van der Waals surface area (Å²) in [6, 6.07) is -0.0858. The quantitative estimate of drug-likeness (QED) is 0.667. The molecule has 0 aromatic rings. The fraction of sp³-hybridized carbons (Fsp3) is 1.00. The van der Waals surface area contributed by atoms with Gasteiger partial charge in [0, 0.05) is 20.3 Å². The maximum atomic E-state index is 11.2. The smallest absolute Gasteiger partial charge is 0.132 e. The molecule has 1 N–H and O–H groups in total. The SMILES string of the molecule is COC[C@@]12CNC([C@H](C)O1)[C@H]2OP(C)(=O)[O-]. The number of hydrogen-bond donors (Lipinski definition) is 1. The Bertz CT molecular complexity index is 319. The highest BCUT2D eigenvalue weighted by atomic mass is 31.2. The number of morpholine rings is 1. The van der Waals surface area contributed by atoms with Gasteiger partial charge in [-0.15, -0.1) is 0 Å². The second-order valence-corrected chi connectivity index (χ2v) is 6.28. The first-order valence-corrected chi connectivity index (χ1v) is 7.24. The summed E-state index contributed by atoms with van der Waals surface area (Å²) in [5, 5.41) is 3.21. The van der Waals surface area contributed by atoms with Gasteiger partial charge in [-0.3, -0.25) is 0 Å². The van der Waals surface area contributed by atoms with Crippen LogP contribution in [0, 0.1) is 0 Å². The lowest BCUT2D eigenvalue weighted by Gasteiger charge is -2.32. The van der Waals surface area contributed by atoms with E-state index in [0.29, 0.717) is 13.2 Å². The minimum atomic E-state index is -3.77. The van der Waals surface area contributed by atoms with E-state index >= 15 is 0 Å². The molecule has 94 valence electrons. The van der Waals surface area contributed by atoms with Crippen molar-refractivity contribution in [3.05, 3.63) is 0 Å². The summed E-state index contributed by atoms with van der Waals surface area (Å²) in [4.78, 5) is 11.2. The van der Waals surface area contributed by atoms with Crippen LogP contribution >= 0.6 is 7.60 Å². The van der Waals surface area contributed by atoms with Crippen LogP contribution in [0.4, 0.5) is 0 Å². The van der Waals surface area contributed by atoms with E-state index in [0.717, 1.165) is 6.66 Å². The van der Waals surface area contributed by atoms with Crippen LogP contribution in [-0.4, -0.2) is 50.8 Å². The van der Waals surface area contributed by atoms with Crippen molar-refractivity contribution in [3.8, 4) is 0 Å². The standard InChI is InChI=1S/C9H18NO5P/c1-6-7-8(15-16(3,11)12)9(14-6,4-10-7)5-13-2/h6-8,10H,4-5H2,1-3H3,(H,11,12)/p-1/t6-,7?,8+,9+/m0/s1. The third kappa shape index (κ3) is 2.06. The second-order valence-electron chi connectivity index (χ2n) is 4.52. The molecule has 2 unspecified atom stereocenters. The summed E-state index contributed by atoms with van der Waals surface area (Å²) >= 11 is 0. The zero-order chi connectivity index (χ0) is 12.0. The Balaban J connectivity index is 2.19. The lowest BCUT2D eigenvalue weighted by Crippen LogP contribution is -2.47. The minimum Gasteiger partial charge on any atom is -0.779 e. The molecule has 2 fully saturated rings. The summed E-state index contributed by atoms with van der Waals surface area (Å²) in [5.41, 5.74) is -0.672. The molecule has 0 spiro atoms. The summed E-state index contributed by atoms with van der Waals surface area (Å²) in [5.74, 6) is 0. The molecule has 16 heavy (non-hydrogen) atoms. The highest BCUT2D eigenvalue weighted by Gasteiger charge is 2.60. The molecule has 2 saturated heterocycles. The first-order chi connectivity index (χ1) is 7.38. The Hall–Kier alpha value is 0.0300. The number of ether oxygens (including phenoxy) is 2. The fourth-order valence-electron chi connectivity index (χ4n) is 2.57. The highest BCUT2D eigenvalue weighted by molar-refractivity contribution is 7.50. The van der Waals surface area contributed by atoms with Gasteiger partial charge in [0.25, 0.3) is 0 Å². The molecule has 7 heteroatoms. The molecule has 5 atom stereocenters. The molecule has 0 aromatic heterocycles. The second kappa shape index (κ2) is 4.05. The van der Waals surface area contributed by atoms with Crippen molar-refractivity contribution in [3.63, 3.8) is 0 Å². The number of nitrogens with one attached hydrogen (secondary N) is 1. The van der Waals surface area contributed by atoms with E-state index < -0.39 is 19.3 Å². The average molecular weight is 250 g/mol. The number of rotatable bonds is 4. The van der Waals surface area contributed by atoms with Crippen LogP contribution in [0.25, 0.3) is 0 Å². The van der Waals surface area contributed by atoms with Crippen molar-refractivity contribution in [1.29, 1.82) is 0 Å². The number of methoxy groups -OCH3 is 1. The zero-order valence-corrected chi connectivity index (χ0v) is 10.5. The van der Waals surface area contributed by atoms with Crippen LogP contribution in [0.15, 0.2) is 0 Å². The maximum Gasteiger partial charge on any atom is 0.132 e. The number of fused-ring (bicyclic) bond motifs is 2. The molecule has 2 bridgehead atoms. The largest absolute Gasteiger partial charge is 0.779 e. The van der Waals surface area contributed by atoms with Crippen LogP contribution in [0.5, 0.6) is 0 Å². The Morgan fingerprint density at radius 2 is 2.38 bits per heavy atom. The van der Waals surface area contributed by atoms with Crippen LogP contribution < -0.4 is 10.2 Å². The van der Waals surface area contributed by atoms with Crippen molar-refractivity contribution in [2.24, 2.45) is 0 Å². The molecule has 2 rings (SSSR count). The van der Waals surface area contributed by atoms with Crippen LogP contribution in [0.3, 0.4) is 0 Å². The minimum absolute atomic E-state index is 0.0690. The van der Waals surface area contributed by atoms with E-state index in [9.17, 15) is 9.46 Å². The maximum absolute atomic E-state index is 11.2. The van der Waals surface area contributed by atoms with Gasteiger partial charge in [0.05, 0.1) is 18.8 Å². The van der Waals surface area contributed by atoms with Gasteiger partial charge >= 0.3 is 0 Å². The molecule has 2 aliphatic heterocycles. The van der Waals surface area contributed by atoms with Gasteiger partial charge in [-0.05, 0) is 6.92 Å². The first-order valence-electron chi connectivity index (χ1n) is 5.25. The first kappa shape index (κ1) is 12.5. The van der Waals surface area contributed by atoms with Crippen molar-refractivity contribution >= 4 is 7.60 Å². The molecule has 0 radical (unpaired) electrons. The van der Waals surface area contributed by atoms with E-state index in [4.69, 9.17) is 14.0 Å². The Morgan fingerprint density at radius 3 is 2.88 bits per heavy atom. The van der Waals surface area contributed by atoms with Gasteiger partial charge in [-0.1, -0.05) is 0 Å². The summed E-state index contributed by atoms with van der Waals surface area (Å²) in [6.07, 6.45) is -0.559. The van der Waals surface area contributed by atoms with Gasteiger partial charge in [0.2, 0.25) is 0 Å². The molecule has 0 amide bonds. The van der Waals surface area contributed by atoms with E-state index in [1.165, 1.54) is 0 Å². The predicted octanol–water partition coefficient (Wildman–Crippen LogP) is -0.669. The highest BCUT2D eigenvalue weighted by Crippen LogP contribution is 2.45. The summed E-state index contributed by atoms with van der Waals surface area (Å²) in [6.45, 7) is 3.86. The summed E-state index contributed by atoms with van der Waals surface area (Å²) in [7, 11) is -2.20. The van der Waals surface area contributed by atoms with Gasteiger partial charge in [-0.25, -0.2) is 0 Å². The van der Waals surface area contributed by atoms with E-state index in [1.54, 1.807) is 7.11 Å². The lowest BCUT2D eigenvalue weighted by atomic mass is 10.00. The van der Waals surface area contributed by atoms with E-state index in [2.05, 4.69) is 5.32 Å². The third-order valence-corrected chi connectivity index (χ3v) is 3.71. The van der Waals surface area contributed by atoms with Crippen molar-refractivity contribution < 1.29 is 23.5 Å². The topological polar surface area (TPSA) is 79.8 Å². The lowest BCUT2D eigenvalue weighted by molar-refractivity contribution is -0.206. The average Bonchev–Trinajstić information content (AvgIpc) is 2.54. The van der Waals surface area contributed by atoms with Gasteiger partial charge in [0.15, 0.2) is 0 Å². The normalized spacial score (nSPS) is 45.9. The van der Waals surface area contributed by atoms with Crippen molar-refractivity contribution in [2.75, 3.05) is 26.9 Å². The fourth-order valence-corrected chi connectivity index (χ4v) is 3.31. The molecule has 6 nitrogen and oxygen atoms in total.